The van der Waals surface area contributed by atoms with Crippen LogP contribution >= 0.6 is 11.6 Å². The molecule has 0 radical (unpaired) electrons. The van der Waals surface area contributed by atoms with E-state index in [0.717, 1.165) is 18.9 Å². The molecule has 1 aliphatic carbocycles. The number of rotatable bonds is 4. The van der Waals surface area contributed by atoms with Gasteiger partial charge < -0.3 is 5.11 Å². The first-order valence-corrected chi connectivity index (χ1v) is 8.76. The second kappa shape index (κ2) is 6.20. The van der Waals surface area contributed by atoms with Crippen molar-refractivity contribution < 1.29 is 17.9 Å². The van der Waals surface area contributed by atoms with Gasteiger partial charge in [0, 0.05) is 6.54 Å². The average molecular weight is 336 g/mol. The fourth-order valence-corrected chi connectivity index (χ4v) is 4.24. The average Bonchev–Trinajstić information content (AvgIpc) is 2.39. The van der Waals surface area contributed by atoms with Gasteiger partial charge in [-0.05, 0) is 30.9 Å². The van der Waals surface area contributed by atoms with E-state index in [0.29, 0.717) is 18.8 Å². The van der Waals surface area contributed by atoms with E-state index < -0.39 is 26.3 Å². The van der Waals surface area contributed by atoms with Gasteiger partial charge in [0.15, 0.2) is 5.82 Å². The molecule has 4 nitrogen and oxygen atoms in total. The standard InChI is InChI=1S/C14H19ClFNO3S/c1-10-4-3-7-14(18,8-10)9-17-21(19,20)12-6-2-5-11(15)13(12)16/h2,5-6,10,17-18H,3-4,7-9H2,1H3. The number of hydrogen-bond donors (Lipinski definition) is 2. The van der Waals surface area contributed by atoms with Crippen molar-refractivity contribution in [1.29, 1.82) is 0 Å². The van der Waals surface area contributed by atoms with Crippen molar-refractivity contribution in [1.82, 2.24) is 4.72 Å². The molecule has 1 aromatic carbocycles. The summed E-state index contributed by atoms with van der Waals surface area (Å²) in [6.07, 6.45) is 2.95. The lowest BCUT2D eigenvalue weighted by atomic mass is 9.79. The van der Waals surface area contributed by atoms with Crippen LogP contribution in [-0.4, -0.2) is 25.7 Å². The van der Waals surface area contributed by atoms with Gasteiger partial charge >= 0.3 is 0 Å². The van der Waals surface area contributed by atoms with Gasteiger partial charge in [-0.25, -0.2) is 17.5 Å². The summed E-state index contributed by atoms with van der Waals surface area (Å²) in [6, 6.07) is 3.81. The largest absolute Gasteiger partial charge is 0.389 e. The van der Waals surface area contributed by atoms with E-state index >= 15 is 0 Å². The van der Waals surface area contributed by atoms with Gasteiger partial charge in [-0.15, -0.1) is 0 Å². The van der Waals surface area contributed by atoms with E-state index in [2.05, 4.69) is 4.72 Å². The third kappa shape index (κ3) is 3.94. The lowest BCUT2D eigenvalue weighted by molar-refractivity contribution is -0.00752. The molecule has 0 amide bonds. The van der Waals surface area contributed by atoms with E-state index in [1.165, 1.54) is 12.1 Å². The molecule has 1 aromatic rings. The lowest BCUT2D eigenvalue weighted by Crippen LogP contribution is -2.45. The predicted octanol–water partition coefficient (Wildman–Crippen LogP) is 2.70. The number of benzene rings is 1. The summed E-state index contributed by atoms with van der Waals surface area (Å²) in [7, 11) is -4.04. The Bertz CT molecular complexity index is 623. The van der Waals surface area contributed by atoms with Crippen LogP contribution in [0, 0.1) is 11.7 Å². The van der Waals surface area contributed by atoms with Crippen molar-refractivity contribution in [3.05, 3.63) is 29.0 Å². The Kier molecular flexibility index (Phi) is 4.92. The summed E-state index contributed by atoms with van der Waals surface area (Å²) in [4.78, 5) is -0.498. The maximum atomic E-state index is 13.8. The smallest absolute Gasteiger partial charge is 0.243 e. The molecule has 0 aromatic heterocycles. The fourth-order valence-electron chi connectivity index (χ4n) is 2.79. The topological polar surface area (TPSA) is 66.4 Å². The maximum Gasteiger partial charge on any atom is 0.243 e. The molecule has 1 fully saturated rings. The summed E-state index contributed by atoms with van der Waals surface area (Å²) < 4.78 is 40.4. The molecule has 1 saturated carbocycles. The first-order chi connectivity index (χ1) is 9.73. The fraction of sp³-hybridized carbons (Fsp3) is 0.571. The number of aliphatic hydroxyl groups is 1. The van der Waals surface area contributed by atoms with E-state index in [1.807, 2.05) is 6.92 Å². The summed E-state index contributed by atoms with van der Waals surface area (Å²) in [5.41, 5.74) is -1.07. The second-order valence-electron chi connectivity index (χ2n) is 5.80. The molecule has 2 rings (SSSR count). The molecule has 0 bridgehead atoms. The SMILES string of the molecule is CC1CCCC(O)(CNS(=O)(=O)c2cccc(Cl)c2F)C1. The molecule has 2 N–H and O–H groups in total. The molecule has 0 saturated heterocycles. The Morgan fingerprint density at radius 2 is 2.24 bits per heavy atom. The molecular formula is C14H19ClFNO3S. The number of hydrogen-bond acceptors (Lipinski definition) is 3. The maximum absolute atomic E-state index is 13.8. The van der Waals surface area contributed by atoms with Crippen LogP contribution in [0.4, 0.5) is 4.39 Å². The first kappa shape index (κ1) is 16.7. The third-order valence-corrected chi connectivity index (χ3v) is 5.58. The Labute approximate surface area is 129 Å². The third-order valence-electron chi connectivity index (χ3n) is 3.86. The Hall–Kier alpha value is -0.690. The zero-order valence-corrected chi connectivity index (χ0v) is 13.3. The van der Waals surface area contributed by atoms with E-state index in [-0.39, 0.29) is 11.6 Å². The molecule has 118 valence electrons. The van der Waals surface area contributed by atoms with Crippen LogP contribution in [0.2, 0.25) is 5.02 Å². The summed E-state index contributed by atoms with van der Waals surface area (Å²) in [6.45, 7) is 1.90. The minimum absolute atomic E-state index is 0.119. The van der Waals surface area contributed by atoms with Crippen LogP contribution in [0.15, 0.2) is 23.1 Å². The van der Waals surface area contributed by atoms with Crippen LogP contribution < -0.4 is 4.72 Å². The van der Waals surface area contributed by atoms with Gasteiger partial charge in [0.1, 0.15) is 4.90 Å². The van der Waals surface area contributed by atoms with Gasteiger partial charge in [-0.3, -0.25) is 0 Å². The highest BCUT2D eigenvalue weighted by molar-refractivity contribution is 7.89. The van der Waals surface area contributed by atoms with E-state index in [1.54, 1.807) is 0 Å². The number of sulfonamides is 1. The molecule has 0 aliphatic heterocycles. The van der Waals surface area contributed by atoms with Crippen LogP contribution in [0.3, 0.4) is 0 Å². The Balaban J connectivity index is 2.13. The number of halogens is 2. The van der Waals surface area contributed by atoms with Crippen molar-refractivity contribution >= 4 is 21.6 Å². The van der Waals surface area contributed by atoms with Crippen LogP contribution in [0.5, 0.6) is 0 Å². The van der Waals surface area contributed by atoms with Crippen molar-refractivity contribution in [3.8, 4) is 0 Å². The quantitative estimate of drug-likeness (QED) is 0.889. The summed E-state index contributed by atoms with van der Waals surface area (Å²) >= 11 is 5.60. The monoisotopic (exact) mass is 335 g/mol. The molecular weight excluding hydrogens is 317 g/mol. The predicted molar refractivity (Wildman–Crippen MR) is 79.2 cm³/mol. The summed E-state index contributed by atoms with van der Waals surface area (Å²) in [5.74, 6) is -0.633. The minimum atomic E-state index is -4.04. The highest BCUT2D eigenvalue weighted by atomic mass is 35.5. The van der Waals surface area contributed by atoms with Gasteiger partial charge in [0.2, 0.25) is 10.0 Å². The van der Waals surface area contributed by atoms with Crippen LogP contribution in [-0.2, 0) is 10.0 Å². The number of nitrogens with one attached hydrogen (secondary N) is 1. The molecule has 2 unspecified atom stereocenters. The van der Waals surface area contributed by atoms with Gasteiger partial charge in [0.05, 0.1) is 10.6 Å². The van der Waals surface area contributed by atoms with Crippen LogP contribution in [0.1, 0.15) is 32.6 Å². The normalized spacial score (nSPS) is 26.8. The molecule has 7 heteroatoms. The highest BCUT2D eigenvalue weighted by Crippen LogP contribution is 2.32. The molecule has 1 aliphatic rings. The van der Waals surface area contributed by atoms with Crippen molar-refractivity contribution in [2.75, 3.05) is 6.54 Å². The van der Waals surface area contributed by atoms with Gasteiger partial charge in [-0.2, -0.15) is 0 Å². The Morgan fingerprint density at radius 1 is 1.52 bits per heavy atom. The Morgan fingerprint density at radius 3 is 2.90 bits per heavy atom. The molecule has 2 atom stereocenters. The molecule has 0 spiro atoms. The van der Waals surface area contributed by atoms with Crippen molar-refractivity contribution in [3.63, 3.8) is 0 Å². The highest BCUT2D eigenvalue weighted by Gasteiger charge is 2.34. The molecule has 21 heavy (non-hydrogen) atoms. The van der Waals surface area contributed by atoms with Crippen molar-refractivity contribution in [2.45, 2.75) is 43.1 Å². The van der Waals surface area contributed by atoms with E-state index in [9.17, 15) is 17.9 Å². The lowest BCUT2D eigenvalue weighted by Gasteiger charge is -2.35. The van der Waals surface area contributed by atoms with Crippen LogP contribution in [0.25, 0.3) is 0 Å². The zero-order valence-electron chi connectivity index (χ0n) is 11.8. The van der Waals surface area contributed by atoms with Gasteiger partial charge in [-0.1, -0.05) is 37.4 Å². The zero-order chi connectivity index (χ0) is 15.7. The minimum Gasteiger partial charge on any atom is -0.389 e. The van der Waals surface area contributed by atoms with E-state index in [4.69, 9.17) is 11.6 Å². The van der Waals surface area contributed by atoms with Crippen molar-refractivity contribution in [2.24, 2.45) is 5.92 Å². The molecule has 0 heterocycles. The second-order valence-corrected chi connectivity index (χ2v) is 7.94. The first-order valence-electron chi connectivity index (χ1n) is 6.90. The van der Waals surface area contributed by atoms with Gasteiger partial charge in [0.25, 0.3) is 0 Å². The summed E-state index contributed by atoms with van der Waals surface area (Å²) in [5, 5.41) is 10.2.